The summed E-state index contributed by atoms with van der Waals surface area (Å²) in [7, 11) is 0. The summed E-state index contributed by atoms with van der Waals surface area (Å²) in [6, 6.07) is 6.64. The van der Waals surface area contributed by atoms with Crippen molar-refractivity contribution >= 4 is 23.5 Å². The van der Waals surface area contributed by atoms with Gasteiger partial charge in [-0.15, -0.1) is 0 Å². The van der Waals surface area contributed by atoms with Crippen molar-refractivity contribution in [3.63, 3.8) is 0 Å². The summed E-state index contributed by atoms with van der Waals surface area (Å²) in [6.45, 7) is 2.94. The Kier molecular flexibility index (Phi) is 3.14. The van der Waals surface area contributed by atoms with E-state index >= 15 is 0 Å². The number of hydrogen-bond donors (Lipinski definition) is 0. The molecule has 0 spiro atoms. The van der Waals surface area contributed by atoms with Gasteiger partial charge in [-0.1, -0.05) is 18.2 Å². The van der Waals surface area contributed by atoms with Gasteiger partial charge in [-0.3, -0.25) is 14.5 Å². The quantitative estimate of drug-likeness (QED) is 0.698. The smallest absolute Gasteiger partial charge is 0.275 e. The zero-order valence-electron chi connectivity index (χ0n) is 10.3. The molecule has 0 aromatic heterocycles. The standard InChI is InChI=1S/C13H14N2O3/c1-9(16)14-8-7-11-5-3-4-6-12(11)15(10(2)17)13(14)18/h3-6H,7-8H2,1-2H3. The Bertz CT molecular complexity index is 525. The number of carbonyl (C=O) groups is 3. The fourth-order valence-corrected chi connectivity index (χ4v) is 2.09. The first-order chi connectivity index (χ1) is 8.52. The van der Waals surface area contributed by atoms with Gasteiger partial charge in [0.05, 0.1) is 5.69 Å². The van der Waals surface area contributed by atoms with Crippen LogP contribution in [-0.4, -0.2) is 29.3 Å². The molecule has 94 valence electrons. The molecule has 0 saturated carbocycles. The van der Waals surface area contributed by atoms with Crippen LogP contribution in [0, 0.1) is 0 Å². The highest BCUT2D eigenvalue weighted by atomic mass is 16.2. The van der Waals surface area contributed by atoms with E-state index in [1.165, 1.54) is 13.8 Å². The second kappa shape index (κ2) is 4.60. The molecule has 5 heteroatoms. The van der Waals surface area contributed by atoms with Crippen LogP contribution in [0.2, 0.25) is 0 Å². The first kappa shape index (κ1) is 12.3. The highest BCUT2D eigenvalue weighted by Crippen LogP contribution is 2.25. The van der Waals surface area contributed by atoms with E-state index in [0.717, 1.165) is 15.4 Å². The molecule has 0 bridgehead atoms. The molecule has 0 atom stereocenters. The van der Waals surface area contributed by atoms with Crippen molar-refractivity contribution in [2.75, 3.05) is 11.4 Å². The molecule has 4 amide bonds. The normalized spacial score (nSPS) is 15.1. The van der Waals surface area contributed by atoms with Crippen LogP contribution in [-0.2, 0) is 16.0 Å². The van der Waals surface area contributed by atoms with Crippen LogP contribution in [0.5, 0.6) is 0 Å². The molecule has 18 heavy (non-hydrogen) atoms. The SMILES string of the molecule is CC(=O)N1CCc2ccccc2N(C(C)=O)C1=O. The summed E-state index contributed by atoms with van der Waals surface area (Å²) in [5.74, 6) is -0.736. The van der Waals surface area contributed by atoms with Crippen LogP contribution < -0.4 is 4.90 Å². The maximum Gasteiger partial charge on any atom is 0.338 e. The molecule has 5 nitrogen and oxygen atoms in total. The second-order valence-electron chi connectivity index (χ2n) is 4.19. The molecule has 0 saturated heterocycles. The van der Waals surface area contributed by atoms with Crippen LogP contribution in [0.4, 0.5) is 10.5 Å². The summed E-state index contributed by atoms with van der Waals surface area (Å²) in [5, 5.41) is 0. The molecule has 2 rings (SSSR count). The molecule has 0 unspecified atom stereocenters. The van der Waals surface area contributed by atoms with Gasteiger partial charge in [0.2, 0.25) is 11.8 Å². The summed E-state index contributed by atoms with van der Waals surface area (Å²) in [4.78, 5) is 37.5. The Morgan fingerprint density at radius 1 is 1.11 bits per heavy atom. The van der Waals surface area contributed by atoms with Gasteiger partial charge in [-0.05, 0) is 18.1 Å². The van der Waals surface area contributed by atoms with Crippen molar-refractivity contribution in [3.8, 4) is 0 Å². The molecule has 0 aliphatic carbocycles. The lowest BCUT2D eigenvalue weighted by atomic mass is 10.1. The minimum absolute atomic E-state index is 0.301. The Morgan fingerprint density at radius 2 is 1.78 bits per heavy atom. The number of rotatable bonds is 0. The number of para-hydroxylation sites is 1. The van der Waals surface area contributed by atoms with E-state index in [-0.39, 0.29) is 11.8 Å². The maximum atomic E-state index is 12.2. The van der Waals surface area contributed by atoms with E-state index < -0.39 is 6.03 Å². The van der Waals surface area contributed by atoms with Crippen LogP contribution in [0.25, 0.3) is 0 Å². The van der Waals surface area contributed by atoms with Crippen molar-refractivity contribution in [3.05, 3.63) is 29.8 Å². The lowest BCUT2D eigenvalue weighted by Gasteiger charge is -2.23. The van der Waals surface area contributed by atoms with Crippen LogP contribution in [0.1, 0.15) is 19.4 Å². The summed E-state index contributed by atoms with van der Waals surface area (Å²) < 4.78 is 0. The van der Waals surface area contributed by atoms with Gasteiger partial charge in [-0.2, -0.15) is 0 Å². The largest absolute Gasteiger partial charge is 0.338 e. The lowest BCUT2D eigenvalue weighted by molar-refractivity contribution is -0.125. The predicted molar refractivity (Wildman–Crippen MR) is 66.1 cm³/mol. The van der Waals surface area contributed by atoms with Gasteiger partial charge in [-0.25, -0.2) is 9.69 Å². The number of benzene rings is 1. The van der Waals surface area contributed by atoms with Gasteiger partial charge in [0.25, 0.3) is 0 Å². The molecular weight excluding hydrogens is 232 g/mol. The second-order valence-corrected chi connectivity index (χ2v) is 4.19. The average molecular weight is 246 g/mol. The number of hydrogen-bond acceptors (Lipinski definition) is 3. The molecule has 1 heterocycles. The van der Waals surface area contributed by atoms with E-state index in [9.17, 15) is 14.4 Å². The van der Waals surface area contributed by atoms with Crippen LogP contribution in [0.3, 0.4) is 0 Å². The first-order valence-corrected chi connectivity index (χ1v) is 5.73. The number of anilines is 1. The van der Waals surface area contributed by atoms with E-state index in [4.69, 9.17) is 0 Å². The summed E-state index contributed by atoms with van der Waals surface area (Å²) >= 11 is 0. The molecule has 0 fully saturated rings. The molecule has 1 aliphatic rings. The fraction of sp³-hybridized carbons (Fsp3) is 0.308. The number of urea groups is 1. The number of imide groups is 2. The van der Waals surface area contributed by atoms with Gasteiger partial charge < -0.3 is 0 Å². The van der Waals surface area contributed by atoms with Gasteiger partial charge >= 0.3 is 6.03 Å². The molecule has 0 N–H and O–H groups in total. The third-order valence-corrected chi connectivity index (χ3v) is 2.95. The van der Waals surface area contributed by atoms with E-state index in [2.05, 4.69) is 0 Å². The third-order valence-electron chi connectivity index (χ3n) is 2.95. The topological polar surface area (TPSA) is 57.7 Å². The minimum Gasteiger partial charge on any atom is -0.275 e. The Hall–Kier alpha value is -2.17. The van der Waals surface area contributed by atoms with Crippen molar-refractivity contribution in [1.29, 1.82) is 0 Å². The van der Waals surface area contributed by atoms with Crippen molar-refractivity contribution < 1.29 is 14.4 Å². The molecule has 1 aromatic carbocycles. The Labute approximate surface area is 105 Å². The summed E-state index contributed by atoms with van der Waals surface area (Å²) in [6.07, 6.45) is 0.561. The highest BCUT2D eigenvalue weighted by molar-refractivity contribution is 6.17. The number of amides is 4. The van der Waals surface area contributed by atoms with Crippen molar-refractivity contribution in [2.45, 2.75) is 20.3 Å². The number of nitrogens with zero attached hydrogens (tertiary/aromatic N) is 2. The molecular formula is C13H14N2O3. The third kappa shape index (κ3) is 1.99. The van der Waals surface area contributed by atoms with Crippen molar-refractivity contribution in [2.24, 2.45) is 0 Å². The molecule has 1 aromatic rings. The summed E-state index contributed by atoms with van der Waals surface area (Å²) in [5.41, 5.74) is 1.46. The van der Waals surface area contributed by atoms with E-state index in [1.54, 1.807) is 12.1 Å². The average Bonchev–Trinajstić information content (AvgIpc) is 2.44. The van der Waals surface area contributed by atoms with Crippen LogP contribution in [0.15, 0.2) is 24.3 Å². The zero-order chi connectivity index (χ0) is 13.3. The fourth-order valence-electron chi connectivity index (χ4n) is 2.09. The lowest BCUT2D eigenvalue weighted by Crippen LogP contribution is -2.46. The molecule has 0 radical (unpaired) electrons. The number of carbonyl (C=O) groups excluding carboxylic acids is 3. The molecule has 1 aliphatic heterocycles. The monoisotopic (exact) mass is 246 g/mol. The Morgan fingerprint density at radius 3 is 2.39 bits per heavy atom. The zero-order valence-corrected chi connectivity index (χ0v) is 10.3. The van der Waals surface area contributed by atoms with E-state index in [0.29, 0.717) is 18.7 Å². The number of fused-ring (bicyclic) bond motifs is 1. The highest BCUT2D eigenvalue weighted by Gasteiger charge is 2.32. The van der Waals surface area contributed by atoms with Gasteiger partial charge in [0.1, 0.15) is 0 Å². The Balaban J connectivity index is 2.53. The van der Waals surface area contributed by atoms with Gasteiger partial charge in [0.15, 0.2) is 0 Å². The minimum atomic E-state index is -0.569. The maximum absolute atomic E-state index is 12.2. The predicted octanol–water partition coefficient (Wildman–Crippen LogP) is 1.56. The van der Waals surface area contributed by atoms with Crippen LogP contribution >= 0.6 is 0 Å². The van der Waals surface area contributed by atoms with Gasteiger partial charge in [0, 0.05) is 20.4 Å². The first-order valence-electron chi connectivity index (χ1n) is 5.73. The van der Waals surface area contributed by atoms with Crippen molar-refractivity contribution in [1.82, 2.24) is 4.90 Å². The van der Waals surface area contributed by atoms with E-state index in [1.807, 2.05) is 12.1 Å².